The number of nitrogens with one attached hydrogen (secondary N) is 1. The Kier molecular flexibility index (Phi) is 5.42. The summed E-state index contributed by atoms with van der Waals surface area (Å²) in [6.45, 7) is 1.65. The topological polar surface area (TPSA) is 68.0 Å². The minimum absolute atomic E-state index is 0.291. The summed E-state index contributed by atoms with van der Waals surface area (Å²) in [5.41, 5.74) is 2.23. The first-order valence-corrected chi connectivity index (χ1v) is 9.92. The Morgan fingerprint density at radius 1 is 1.21 bits per heavy atom. The van der Waals surface area contributed by atoms with E-state index in [1.807, 2.05) is 24.3 Å². The summed E-state index contributed by atoms with van der Waals surface area (Å²) in [6.07, 6.45) is 2.34. The van der Waals surface area contributed by atoms with Crippen LogP contribution in [0.15, 0.2) is 59.3 Å². The van der Waals surface area contributed by atoms with Crippen LogP contribution < -0.4 is 5.32 Å². The molecule has 4 rings (SSSR count). The molecular weight excluding hydrogens is 413 g/mol. The number of aryl methyl sites for hydroxylation is 1. The van der Waals surface area contributed by atoms with Crippen LogP contribution in [0.3, 0.4) is 0 Å². The second-order valence-corrected chi connectivity index (χ2v) is 7.85. The Bertz CT molecular complexity index is 1170. The van der Waals surface area contributed by atoms with Gasteiger partial charge in [-0.1, -0.05) is 35.0 Å². The van der Waals surface area contributed by atoms with Crippen molar-refractivity contribution in [1.29, 1.82) is 0 Å². The van der Waals surface area contributed by atoms with Gasteiger partial charge in [0.25, 0.3) is 5.91 Å². The van der Waals surface area contributed by atoms with E-state index in [1.54, 1.807) is 25.3 Å². The van der Waals surface area contributed by atoms with Gasteiger partial charge in [-0.05, 0) is 42.8 Å². The minimum Gasteiger partial charge on any atom is -0.360 e. The third kappa shape index (κ3) is 4.21. The van der Waals surface area contributed by atoms with Gasteiger partial charge >= 0.3 is 0 Å². The fourth-order valence-corrected chi connectivity index (χ4v) is 3.91. The highest BCUT2D eigenvalue weighted by atomic mass is 35.5. The number of carbonyl (C=O) groups excluding carboxylic acids is 1. The van der Waals surface area contributed by atoms with Gasteiger partial charge in [0.05, 0.1) is 0 Å². The maximum atomic E-state index is 13.2. The molecule has 0 spiro atoms. The first kappa shape index (κ1) is 19.3. The Labute approximate surface area is 175 Å². The van der Waals surface area contributed by atoms with Gasteiger partial charge in [0, 0.05) is 28.1 Å². The maximum absolute atomic E-state index is 13.2. The van der Waals surface area contributed by atoms with Crippen molar-refractivity contribution in [3.8, 4) is 11.3 Å². The van der Waals surface area contributed by atoms with E-state index in [4.69, 9.17) is 16.1 Å². The van der Waals surface area contributed by atoms with Crippen molar-refractivity contribution < 1.29 is 13.7 Å². The number of thiazole rings is 1. The summed E-state index contributed by atoms with van der Waals surface area (Å²) < 4.78 is 18.4. The highest BCUT2D eigenvalue weighted by Gasteiger charge is 2.22. The van der Waals surface area contributed by atoms with Crippen molar-refractivity contribution in [2.45, 2.75) is 13.3 Å². The molecule has 146 valence electrons. The molecule has 1 N–H and O–H groups in total. The quantitative estimate of drug-likeness (QED) is 0.440. The number of hydrogen-bond acceptors (Lipinski definition) is 5. The molecule has 0 aliphatic rings. The molecule has 0 aliphatic heterocycles. The molecule has 0 fully saturated rings. The minimum atomic E-state index is -0.387. The molecule has 2 heterocycles. The number of benzene rings is 2. The summed E-state index contributed by atoms with van der Waals surface area (Å²) in [7, 11) is 0. The number of rotatable bonds is 5. The number of anilines is 1. The van der Waals surface area contributed by atoms with Gasteiger partial charge < -0.3 is 4.52 Å². The smallest absolute Gasteiger partial charge is 0.263 e. The second kappa shape index (κ2) is 8.14. The van der Waals surface area contributed by atoms with Crippen LogP contribution >= 0.6 is 22.9 Å². The number of amides is 1. The lowest BCUT2D eigenvalue weighted by Gasteiger charge is -2.03. The van der Waals surface area contributed by atoms with E-state index in [2.05, 4.69) is 15.5 Å². The Hall–Kier alpha value is -3.03. The second-order valence-electron chi connectivity index (χ2n) is 6.32. The van der Waals surface area contributed by atoms with E-state index in [9.17, 15) is 9.18 Å². The average molecular weight is 428 g/mol. The SMILES string of the molecule is Cc1onc(-c2ccc(F)cc2)c1C(=O)Nc1ncc(Cc2ccccc2Cl)s1. The van der Waals surface area contributed by atoms with E-state index >= 15 is 0 Å². The number of nitrogens with zero attached hydrogens (tertiary/aromatic N) is 2. The van der Waals surface area contributed by atoms with Gasteiger partial charge in [-0.25, -0.2) is 9.37 Å². The first-order valence-electron chi connectivity index (χ1n) is 8.73. The molecule has 4 aromatic rings. The molecule has 0 bridgehead atoms. The van der Waals surface area contributed by atoms with Crippen LogP contribution in [0.25, 0.3) is 11.3 Å². The number of aromatic nitrogens is 2. The van der Waals surface area contributed by atoms with Crippen molar-refractivity contribution in [2.75, 3.05) is 5.32 Å². The molecule has 0 atom stereocenters. The van der Waals surface area contributed by atoms with Crippen molar-refractivity contribution in [3.63, 3.8) is 0 Å². The number of hydrogen-bond donors (Lipinski definition) is 1. The highest BCUT2D eigenvalue weighted by molar-refractivity contribution is 7.15. The highest BCUT2D eigenvalue weighted by Crippen LogP contribution is 2.28. The van der Waals surface area contributed by atoms with Crippen LogP contribution in [0.1, 0.15) is 26.6 Å². The van der Waals surface area contributed by atoms with Gasteiger partial charge in [-0.2, -0.15) is 0 Å². The normalized spacial score (nSPS) is 10.9. The van der Waals surface area contributed by atoms with Crippen molar-refractivity contribution in [1.82, 2.24) is 10.1 Å². The van der Waals surface area contributed by atoms with Crippen LogP contribution in [0.4, 0.5) is 9.52 Å². The van der Waals surface area contributed by atoms with Crippen molar-refractivity contribution >= 4 is 34.0 Å². The standard InChI is InChI=1S/C21H15ClFN3O2S/c1-12-18(19(26-28-12)13-6-8-15(23)9-7-13)20(27)25-21-24-11-16(29-21)10-14-4-2-3-5-17(14)22/h2-9,11H,10H2,1H3,(H,24,25,27). The zero-order valence-corrected chi connectivity index (χ0v) is 16.9. The summed E-state index contributed by atoms with van der Waals surface area (Å²) in [6, 6.07) is 13.3. The van der Waals surface area contributed by atoms with E-state index in [0.717, 1.165) is 10.4 Å². The summed E-state index contributed by atoms with van der Waals surface area (Å²) in [5, 5.41) is 7.90. The van der Waals surface area contributed by atoms with Crippen LogP contribution in [0.2, 0.25) is 5.02 Å². The molecule has 2 aromatic carbocycles. The molecule has 8 heteroatoms. The third-order valence-corrected chi connectivity index (χ3v) is 5.59. The van der Waals surface area contributed by atoms with Crippen LogP contribution in [0.5, 0.6) is 0 Å². The Morgan fingerprint density at radius 3 is 2.72 bits per heavy atom. The summed E-state index contributed by atoms with van der Waals surface area (Å²) in [5.74, 6) is -0.384. The number of carbonyl (C=O) groups is 1. The monoisotopic (exact) mass is 427 g/mol. The van der Waals surface area contributed by atoms with E-state index < -0.39 is 0 Å². The molecule has 0 radical (unpaired) electrons. The molecular formula is C21H15ClFN3O2S. The first-order chi connectivity index (χ1) is 14.0. The lowest BCUT2D eigenvalue weighted by molar-refractivity contribution is 0.102. The van der Waals surface area contributed by atoms with Gasteiger partial charge in [-0.15, -0.1) is 11.3 Å². The van der Waals surface area contributed by atoms with E-state index in [1.165, 1.54) is 23.5 Å². The molecule has 0 saturated carbocycles. The fourth-order valence-electron chi connectivity index (χ4n) is 2.88. The van der Waals surface area contributed by atoms with E-state index in [0.29, 0.717) is 39.2 Å². The Balaban J connectivity index is 1.54. The van der Waals surface area contributed by atoms with Crippen LogP contribution in [-0.4, -0.2) is 16.0 Å². The van der Waals surface area contributed by atoms with Gasteiger partial charge in [-0.3, -0.25) is 10.1 Å². The molecule has 0 aliphatic carbocycles. The largest absolute Gasteiger partial charge is 0.360 e. The molecule has 0 unspecified atom stereocenters. The predicted octanol–water partition coefficient (Wildman–Crippen LogP) is 5.74. The van der Waals surface area contributed by atoms with Crippen LogP contribution in [0, 0.1) is 12.7 Å². The van der Waals surface area contributed by atoms with Crippen LogP contribution in [-0.2, 0) is 6.42 Å². The van der Waals surface area contributed by atoms with Crippen molar-refractivity contribution in [2.24, 2.45) is 0 Å². The van der Waals surface area contributed by atoms with Gasteiger partial charge in [0.1, 0.15) is 22.8 Å². The zero-order valence-electron chi connectivity index (χ0n) is 15.3. The third-order valence-electron chi connectivity index (χ3n) is 4.30. The van der Waals surface area contributed by atoms with Crippen molar-refractivity contribution in [3.05, 3.63) is 87.3 Å². The lowest BCUT2D eigenvalue weighted by Crippen LogP contribution is -2.13. The molecule has 0 saturated heterocycles. The Morgan fingerprint density at radius 2 is 1.97 bits per heavy atom. The summed E-state index contributed by atoms with van der Waals surface area (Å²) in [4.78, 5) is 18.1. The van der Waals surface area contributed by atoms with E-state index in [-0.39, 0.29) is 11.7 Å². The molecule has 5 nitrogen and oxygen atoms in total. The average Bonchev–Trinajstić information content (AvgIpc) is 3.30. The van der Waals surface area contributed by atoms with Gasteiger partial charge in [0.2, 0.25) is 0 Å². The number of halogens is 2. The molecule has 1 amide bonds. The predicted molar refractivity (Wildman–Crippen MR) is 111 cm³/mol. The summed E-state index contributed by atoms with van der Waals surface area (Å²) >= 11 is 7.58. The lowest BCUT2D eigenvalue weighted by atomic mass is 10.1. The fraction of sp³-hybridized carbons (Fsp3) is 0.0952. The molecule has 2 aromatic heterocycles. The van der Waals surface area contributed by atoms with Gasteiger partial charge in [0.15, 0.2) is 5.13 Å². The molecule has 29 heavy (non-hydrogen) atoms. The zero-order chi connectivity index (χ0) is 20.4. The maximum Gasteiger partial charge on any atom is 0.263 e.